The molecule has 2 atom stereocenters. The number of likely N-dealkylation sites (tertiary alicyclic amines) is 1. The number of hydrogen-bond acceptors (Lipinski definition) is 2. The quantitative estimate of drug-likeness (QED) is 0.654. The van der Waals surface area contributed by atoms with Crippen LogP contribution in [-0.2, 0) is 0 Å². The van der Waals surface area contributed by atoms with Crippen molar-refractivity contribution in [3.63, 3.8) is 0 Å². The van der Waals surface area contributed by atoms with Crippen molar-refractivity contribution in [2.24, 2.45) is 17.6 Å². The molecule has 0 bridgehead atoms. The fourth-order valence-corrected chi connectivity index (χ4v) is 3.08. The summed E-state index contributed by atoms with van der Waals surface area (Å²) in [6, 6.07) is 0. The monoisotopic (exact) mass is 284 g/mol. The number of hydrogen-bond donors (Lipinski definition) is 1. The lowest BCUT2D eigenvalue weighted by Crippen LogP contribution is -2.20. The van der Waals surface area contributed by atoms with E-state index in [9.17, 15) is 0 Å². The van der Waals surface area contributed by atoms with E-state index in [-0.39, 0.29) is 0 Å². The van der Waals surface area contributed by atoms with Crippen molar-refractivity contribution in [3.05, 3.63) is 13.2 Å². The van der Waals surface area contributed by atoms with Crippen molar-refractivity contribution >= 4 is 0 Å². The maximum atomic E-state index is 4.50. The maximum Gasteiger partial charge on any atom is -0.00183 e. The zero-order valence-electron chi connectivity index (χ0n) is 14.7. The van der Waals surface area contributed by atoms with Gasteiger partial charge in [0.2, 0.25) is 0 Å². The Morgan fingerprint density at radius 3 is 2.00 bits per heavy atom. The summed E-state index contributed by atoms with van der Waals surface area (Å²) >= 11 is 0. The second-order valence-corrected chi connectivity index (χ2v) is 5.93. The SMILES string of the molecule is C=C.CCCC(C)CC(C)CCCN1CCCC1.CN. The highest BCUT2D eigenvalue weighted by Gasteiger charge is 2.12. The van der Waals surface area contributed by atoms with Gasteiger partial charge in [-0.2, -0.15) is 0 Å². The molecule has 0 radical (unpaired) electrons. The molecule has 0 aliphatic carbocycles. The van der Waals surface area contributed by atoms with Crippen molar-refractivity contribution in [1.29, 1.82) is 0 Å². The molecular weight excluding hydrogens is 244 g/mol. The summed E-state index contributed by atoms with van der Waals surface area (Å²) in [7, 11) is 1.50. The topological polar surface area (TPSA) is 29.3 Å². The first-order valence-corrected chi connectivity index (χ1v) is 8.52. The highest BCUT2D eigenvalue weighted by Crippen LogP contribution is 2.20. The molecule has 0 spiro atoms. The standard InChI is InChI=1S/C15H31N.C2H4.CH5N/c1-4-8-14(2)13-15(3)9-7-12-16-10-5-6-11-16;2*1-2/h14-15H,4-13H2,1-3H3;1-2H2;2H2,1H3. The van der Waals surface area contributed by atoms with Gasteiger partial charge in [-0.25, -0.2) is 0 Å². The molecule has 0 aromatic heterocycles. The van der Waals surface area contributed by atoms with Crippen LogP contribution in [0.2, 0.25) is 0 Å². The van der Waals surface area contributed by atoms with Gasteiger partial charge in [0, 0.05) is 0 Å². The third-order valence-corrected chi connectivity index (χ3v) is 3.96. The second kappa shape index (κ2) is 16.7. The molecule has 1 aliphatic heterocycles. The molecule has 0 aromatic rings. The Morgan fingerprint density at radius 1 is 1.00 bits per heavy atom. The van der Waals surface area contributed by atoms with Crippen LogP contribution < -0.4 is 5.73 Å². The Balaban J connectivity index is 0. The second-order valence-electron chi connectivity index (χ2n) is 5.93. The lowest BCUT2D eigenvalue weighted by Gasteiger charge is -2.19. The lowest BCUT2D eigenvalue weighted by atomic mass is 9.91. The summed E-state index contributed by atoms with van der Waals surface area (Å²) in [5.74, 6) is 1.87. The molecule has 2 unspecified atom stereocenters. The minimum absolute atomic E-state index is 0.934. The van der Waals surface area contributed by atoms with E-state index in [2.05, 4.69) is 44.6 Å². The number of nitrogens with two attached hydrogens (primary N) is 1. The summed E-state index contributed by atoms with van der Waals surface area (Å²) in [5, 5.41) is 0. The summed E-state index contributed by atoms with van der Waals surface area (Å²) in [5.41, 5.74) is 4.50. The highest BCUT2D eigenvalue weighted by molar-refractivity contribution is 4.67. The molecular formula is C18H40N2. The van der Waals surface area contributed by atoms with Crippen LogP contribution in [-0.4, -0.2) is 31.6 Å². The smallest absolute Gasteiger partial charge is 0.00183 e. The fourth-order valence-electron chi connectivity index (χ4n) is 3.08. The normalized spacial score (nSPS) is 17.4. The first-order chi connectivity index (χ1) is 9.72. The van der Waals surface area contributed by atoms with E-state index in [0.29, 0.717) is 0 Å². The van der Waals surface area contributed by atoms with Crippen LogP contribution in [0, 0.1) is 11.8 Å². The summed E-state index contributed by atoms with van der Waals surface area (Å²) < 4.78 is 0. The Labute approximate surface area is 128 Å². The molecule has 0 saturated carbocycles. The van der Waals surface area contributed by atoms with Crippen molar-refractivity contribution < 1.29 is 0 Å². The number of nitrogens with zero attached hydrogens (tertiary/aromatic N) is 1. The zero-order chi connectivity index (χ0) is 15.8. The molecule has 2 N–H and O–H groups in total. The summed E-state index contributed by atoms with van der Waals surface area (Å²) in [6.07, 6.45) is 9.92. The van der Waals surface area contributed by atoms with E-state index >= 15 is 0 Å². The minimum Gasteiger partial charge on any atom is -0.333 e. The molecule has 0 aromatic carbocycles. The van der Waals surface area contributed by atoms with Crippen LogP contribution in [0.25, 0.3) is 0 Å². The molecule has 1 aliphatic rings. The molecule has 1 rings (SSSR count). The highest BCUT2D eigenvalue weighted by atomic mass is 15.1. The summed E-state index contributed by atoms with van der Waals surface area (Å²) in [4.78, 5) is 2.64. The molecule has 1 fully saturated rings. The zero-order valence-corrected chi connectivity index (χ0v) is 14.7. The first-order valence-electron chi connectivity index (χ1n) is 8.52. The van der Waals surface area contributed by atoms with Crippen molar-refractivity contribution in [3.8, 4) is 0 Å². The van der Waals surface area contributed by atoms with Gasteiger partial charge < -0.3 is 10.6 Å². The van der Waals surface area contributed by atoms with E-state index in [1.807, 2.05) is 0 Å². The van der Waals surface area contributed by atoms with Gasteiger partial charge in [-0.15, -0.1) is 13.2 Å². The van der Waals surface area contributed by atoms with Gasteiger partial charge in [0.15, 0.2) is 0 Å². The summed E-state index contributed by atoms with van der Waals surface area (Å²) in [6.45, 7) is 17.2. The van der Waals surface area contributed by atoms with Gasteiger partial charge in [0.1, 0.15) is 0 Å². The van der Waals surface area contributed by atoms with E-state index in [4.69, 9.17) is 0 Å². The molecule has 2 heteroatoms. The Hall–Kier alpha value is -0.340. The maximum absolute atomic E-state index is 4.50. The van der Waals surface area contributed by atoms with Crippen LogP contribution in [0.1, 0.15) is 65.7 Å². The largest absolute Gasteiger partial charge is 0.333 e. The molecule has 1 heterocycles. The molecule has 122 valence electrons. The van der Waals surface area contributed by atoms with E-state index < -0.39 is 0 Å². The van der Waals surface area contributed by atoms with Crippen LogP contribution in [0.3, 0.4) is 0 Å². The molecule has 20 heavy (non-hydrogen) atoms. The predicted molar refractivity (Wildman–Crippen MR) is 94.1 cm³/mol. The number of rotatable bonds is 8. The van der Waals surface area contributed by atoms with E-state index in [0.717, 1.165) is 11.8 Å². The Morgan fingerprint density at radius 2 is 1.50 bits per heavy atom. The van der Waals surface area contributed by atoms with Crippen LogP contribution in [0.5, 0.6) is 0 Å². The fraction of sp³-hybridized carbons (Fsp3) is 0.889. The van der Waals surface area contributed by atoms with Crippen molar-refractivity contribution in [2.45, 2.75) is 65.7 Å². The van der Waals surface area contributed by atoms with Gasteiger partial charge in [0.05, 0.1) is 0 Å². The van der Waals surface area contributed by atoms with Gasteiger partial charge in [-0.05, 0) is 70.6 Å². The van der Waals surface area contributed by atoms with Gasteiger partial charge in [-0.1, -0.05) is 33.6 Å². The molecule has 2 nitrogen and oxygen atoms in total. The average Bonchev–Trinajstić information content (AvgIpc) is 2.96. The van der Waals surface area contributed by atoms with Gasteiger partial charge >= 0.3 is 0 Å². The minimum atomic E-state index is 0.934. The third kappa shape index (κ3) is 12.7. The molecule has 0 amide bonds. The van der Waals surface area contributed by atoms with Crippen LogP contribution >= 0.6 is 0 Å². The Kier molecular flexibility index (Phi) is 18.3. The first kappa shape index (κ1) is 21.9. The Bertz CT molecular complexity index is 176. The van der Waals surface area contributed by atoms with Crippen molar-refractivity contribution in [1.82, 2.24) is 4.90 Å². The van der Waals surface area contributed by atoms with Gasteiger partial charge in [-0.3, -0.25) is 0 Å². The third-order valence-electron chi connectivity index (χ3n) is 3.96. The molecule has 1 saturated heterocycles. The predicted octanol–water partition coefficient (Wildman–Crippen LogP) is 4.70. The average molecular weight is 285 g/mol. The van der Waals surface area contributed by atoms with Crippen molar-refractivity contribution in [2.75, 3.05) is 26.7 Å². The van der Waals surface area contributed by atoms with Crippen LogP contribution in [0.4, 0.5) is 0 Å². The van der Waals surface area contributed by atoms with Crippen LogP contribution in [0.15, 0.2) is 13.2 Å². The lowest BCUT2D eigenvalue weighted by molar-refractivity contribution is 0.303. The van der Waals surface area contributed by atoms with E-state index in [1.54, 1.807) is 0 Å². The van der Waals surface area contributed by atoms with Gasteiger partial charge in [0.25, 0.3) is 0 Å². The van der Waals surface area contributed by atoms with E-state index in [1.165, 1.54) is 71.6 Å².